The molecule has 10 heavy (non-hydrogen) atoms. The third kappa shape index (κ3) is 1.10. The van der Waals surface area contributed by atoms with E-state index in [0.29, 0.717) is 0 Å². The second kappa shape index (κ2) is 2.28. The summed E-state index contributed by atoms with van der Waals surface area (Å²) in [6, 6.07) is -0.148. The molecule has 4 heteroatoms. The molecule has 1 aliphatic heterocycles. The third-order valence-electron chi connectivity index (χ3n) is 1.74. The van der Waals surface area contributed by atoms with Gasteiger partial charge in [0.2, 0.25) is 5.91 Å². The quantitative estimate of drug-likeness (QED) is 0.517. The largest absolute Gasteiger partial charge is 0.481 e. The van der Waals surface area contributed by atoms with Crippen LogP contribution in [0.3, 0.4) is 0 Å². The Balaban J connectivity index is 2.34. The van der Waals surface area contributed by atoms with Crippen molar-refractivity contribution in [1.82, 2.24) is 5.32 Å². The summed E-state index contributed by atoms with van der Waals surface area (Å²) in [6.07, 6.45) is 0.0346. The summed E-state index contributed by atoms with van der Waals surface area (Å²) in [5, 5.41) is 10.8. The van der Waals surface area contributed by atoms with Gasteiger partial charge in [-0.15, -0.1) is 0 Å². The molecule has 0 aromatic carbocycles. The lowest BCUT2D eigenvalue weighted by Crippen LogP contribution is -2.57. The number of carbonyl (C=O) groups is 2. The van der Waals surface area contributed by atoms with Gasteiger partial charge in [-0.2, -0.15) is 0 Å². The number of amides is 1. The topological polar surface area (TPSA) is 66.4 Å². The van der Waals surface area contributed by atoms with Crippen molar-refractivity contribution in [1.29, 1.82) is 0 Å². The first-order valence-corrected chi connectivity index (χ1v) is 3.13. The van der Waals surface area contributed by atoms with Crippen LogP contribution in [0.5, 0.6) is 0 Å². The molecule has 0 radical (unpaired) electrons. The van der Waals surface area contributed by atoms with Crippen molar-refractivity contribution in [3.8, 4) is 0 Å². The molecule has 0 saturated carbocycles. The Labute approximate surface area is 58.2 Å². The van der Waals surface area contributed by atoms with Gasteiger partial charge in [-0.05, 0) is 0 Å². The van der Waals surface area contributed by atoms with Gasteiger partial charge in [0.1, 0.15) is 0 Å². The SMILES string of the molecule is CC1C(=O)NC1CC(=O)O. The highest BCUT2D eigenvalue weighted by atomic mass is 16.4. The van der Waals surface area contributed by atoms with E-state index in [9.17, 15) is 9.59 Å². The van der Waals surface area contributed by atoms with Crippen LogP contribution in [0.1, 0.15) is 13.3 Å². The van der Waals surface area contributed by atoms with Crippen LogP contribution >= 0.6 is 0 Å². The number of hydrogen-bond donors (Lipinski definition) is 2. The second-order valence-corrected chi connectivity index (χ2v) is 2.50. The van der Waals surface area contributed by atoms with Crippen molar-refractivity contribution in [2.45, 2.75) is 19.4 Å². The summed E-state index contributed by atoms with van der Waals surface area (Å²) >= 11 is 0. The average Bonchev–Trinajstić information content (AvgIpc) is 1.86. The lowest BCUT2D eigenvalue weighted by atomic mass is 9.90. The van der Waals surface area contributed by atoms with E-state index in [-0.39, 0.29) is 24.3 Å². The third-order valence-corrected chi connectivity index (χ3v) is 1.74. The van der Waals surface area contributed by atoms with Crippen LogP contribution in [-0.2, 0) is 9.59 Å². The Morgan fingerprint density at radius 3 is 2.70 bits per heavy atom. The highest BCUT2D eigenvalue weighted by Crippen LogP contribution is 2.16. The first-order chi connectivity index (χ1) is 4.61. The lowest BCUT2D eigenvalue weighted by Gasteiger charge is -2.32. The highest BCUT2D eigenvalue weighted by Gasteiger charge is 2.36. The molecule has 2 N–H and O–H groups in total. The van der Waals surface area contributed by atoms with E-state index < -0.39 is 5.97 Å². The van der Waals surface area contributed by atoms with Gasteiger partial charge in [-0.1, -0.05) is 6.92 Å². The number of rotatable bonds is 2. The van der Waals surface area contributed by atoms with Crippen LogP contribution in [0, 0.1) is 5.92 Å². The van der Waals surface area contributed by atoms with Crippen LogP contribution in [0.2, 0.25) is 0 Å². The van der Waals surface area contributed by atoms with Gasteiger partial charge in [-0.25, -0.2) is 0 Å². The monoisotopic (exact) mass is 143 g/mol. The highest BCUT2D eigenvalue weighted by molar-refractivity contribution is 5.87. The van der Waals surface area contributed by atoms with E-state index in [1.807, 2.05) is 0 Å². The molecule has 1 amide bonds. The fourth-order valence-electron chi connectivity index (χ4n) is 0.942. The van der Waals surface area contributed by atoms with Crippen molar-refractivity contribution in [3.63, 3.8) is 0 Å². The number of β-lactam (4-membered cyclic amide) rings is 1. The standard InChI is InChI=1S/C6H9NO3/c1-3-4(2-5(8)9)7-6(3)10/h3-4H,2H2,1H3,(H,7,10)(H,8,9). The molecule has 4 nitrogen and oxygen atoms in total. The molecule has 56 valence electrons. The van der Waals surface area contributed by atoms with E-state index in [1.54, 1.807) is 6.92 Å². The molecule has 1 saturated heterocycles. The molecule has 0 aromatic rings. The van der Waals surface area contributed by atoms with Crippen molar-refractivity contribution < 1.29 is 14.7 Å². The second-order valence-electron chi connectivity index (χ2n) is 2.50. The van der Waals surface area contributed by atoms with E-state index in [2.05, 4.69) is 5.32 Å². The molecule has 1 rings (SSSR count). The molecule has 1 aliphatic rings. The fraction of sp³-hybridized carbons (Fsp3) is 0.667. The van der Waals surface area contributed by atoms with Gasteiger partial charge < -0.3 is 10.4 Å². The van der Waals surface area contributed by atoms with Crippen LogP contribution in [0.4, 0.5) is 0 Å². The van der Waals surface area contributed by atoms with Crippen molar-refractivity contribution in [3.05, 3.63) is 0 Å². The summed E-state index contributed by atoms with van der Waals surface area (Å²) in [5.74, 6) is -1.04. The zero-order valence-electron chi connectivity index (χ0n) is 5.63. The molecule has 1 heterocycles. The van der Waals surface area contributed by atoms with Crippen LogP contribution in [-0.4, -0.2) is 23.0 Å². The minimum absolute atomic E-state index is 0.0346. The summed E-state index contributed by atoms with van der Waals surface area (Å²) in [5.41, 5.74) is 0. The number of carbonyl (C=O) groups excluding carboxylic acids is 1. The predicted octanol–water partition coefficient (Wildman–Crippen LogP) is -0.404. The number of carboxylic acids is 1. The van der Waals surface area contributed by atoms with Crippen LogP contribution in [0.25, 0.3) is 0 Å². The number of nitrogens with one attached hydrogen (secondary N) is 1. The lowest BCUT2D eigenvalue weighted by molar-refractivity contribution is -0.142. The first kappa shape index (κ1) is 7.05. The van der Waals surface area contributed by atoms with Crippen LogP contribution < -0.4 is 5.32 Å². The van der Waals surface area contributed by atoms with Gasteiger partial charge in [0.15, 0.2) is 0 Å². The first-order valence-electron chi connectivity index (χ1n) is 3.13. The molecule has 0 spiro atoms. The molecule has 2 unspecified atom stereocenters. The molecular weight excluding hydrogens is 134 g/mol. The smallest absolute Gasteiger partial charge is 0.305 e. The summed E-state index contributed by atoms with van der Waals surface area (Å²) in [6.45, 7) is 1.73. The average molecular weight is 143 g/mol. The predicted molar refractivity (Wildman–Crippen MR) is 33.3 cm³/mol. The minimum Gasteiger partial charge on any atom is -0.481 e. The Morgan fingerprint density at radius 1 is 1.80 bits per heavy atom. The molecule has 0 aliphatic carbocycles. The Bertz CT molecular complexity index is 178. The maximum atomic E-state index is 10.5. The fourth-order valence-corrected chi connectivity index (χ4v) is 0.942. The zero-order chi connectivity index (χ0) is 7.72. The van der Waals surface area contributed by atoms with Crippen molar-refractivity contribution in [2.75, 3.05) is 0 Å². The van der Waals surface area contributed by atoms with Gasteiger partial charge in [0, 0.05) is 0 Å². The zero-order valence-corrected chi connectivity index (χ0v) is 5.63. The van der Waals surface area contributed by atoms with Crippen LogP contribution in [0.15, 0.2) is 0 Å². The maximum Gasteiger partial charge on any atom is 0.305 e. The van der Waals surface area contributed by atoms with Crippen molar-refractivity contribution in [2.24, 2.45) is 5.92 Å². The van der Waals surface area contributed by atoms with Gasteiger partial charge in [0.05, 0.1) is 18.4 Å². The number of hydrogen-bond acceptors (Lipinski definition) is 2. The molecule has 0 aromatic heterocycles. The normalized spacial score (nSPS) is 30.7. The Morgan fingerprint density at radius 2 is 2.40 bits per heavy atom. The van der Waals surface area contributed by atoms with Crippen molar-refractivity contribution >= 4 is 11.9 Å². The summed E-state index contributed by atoms with van der Waals surface area (Å²) < 4.78 is 0. The molecule has 1 fully saturated rings. The molecular formula is C6H9NO3. The Hall–Kier alpha value is -1.06. The molecule has 2 atom stereocenters. The summed E-state index contributed by atoms with van der Waals surface area (Å²) in [4.78, 5) is 20.6. The van der Waals surface area contributed by atoms with E-state index in [0.717, 1.165) is 0 Å². The molecule has 0 bridgehead atoms. The number of aliphatic carboxylic acids is 1. The van der Waals surface area contributed by atoms with Gasteiger partial charge >= 0.3 is 5.97 Å². The maximum absolute atomic E-state index is 10.5. The number of carboxylic acid groups (broad SMARTS) is 1. The van der Waals surface area contributed by atoms with E-state index in [4.69, 9.17) is 5.11 Å². The van der Waals surface area contributed by atoms with Gasteiger partial charge in [-0.3, -0.25) is 9.59 Å². The van der Waals surface area contributed by atoms with E-state index >= 15 is 0 Å². The minimum atomic E-state index is -0.864. The van der Waals surface area contributed by atoms with E-state index in [1.165, 1.54) is 0 Å². The van der Waals surface area contributed by atoms with Gasteiger partial charge in [0.25, 0.3) is 0 Å². The summed E-state index contributed by atoms with van der Waals surface area (Å²) in [7, 11) is 0. The Kier molecular flexibility index (Phi) is 1.61.